The molecule has 0 bridgehead atoms. The van der Waals surface area contributed by atoms with Gasteiger partial charge in [-0.1, -0.05) is 23.2 Å². The van der Waals surface area contributed by atoms with Crippen LogP contribution in [0.1, 0.15) is 20.7 Å². The highest BCUT2D eigenvalue weighted by Gasteiger charge is 2.16. The summed E-state index contributed by atoms with van der Waals surface area (Å²) in [6.07, 6.45) is 1.13. The summed E-state index contributed by atoms with van der Waals surface area (Å²) in [5.74, 6) is 0.204. The van der Waals surface area contributed by atoms with E-state index in [4.69, 9.17) is 42.9 Å². The number of benzene rings is 2. The molecule has 0 aromatic heterocycles. The lowest BCUT2D eigenvalue weighted by molar-refractivity contribution is 0.110. The van der Waals surface area contributed by atoms with E-state index in [-0.39, 0.29) is 16.3 Å². The number of hydrogen-bond donors (Lipinski definition) is 2. The van der Waals surface area contributed by atoms with Crippen LogP contribution in [0.3, 0.4) is 0 Å². The summed E-state index contributed by atoms with van der Waals surface area (Å²) in [7, 11) is 0. The van der Waals surface area contributed by atoms with Crippen LogP contribution in [0.25, 0.3) is 0 Å². The summed E-state index contributed by atoms with van der Waals surface area (Å²) in [6, 6.07) is 5.62. The number of hydrogen-bond acceptors (Lipinski definition) is 6. The Morgan fingerprint density at radius 1 is 0.875 bits per heavy atom. The lowest BCUT2D eigenvalue weighted by atomic mass is 10.2. The molecule has 2 aromatic carbocycles. The van der Waals surface area contributed by atoms with E-state index >= 15 is 0 Å². The third kappa shape index (κ3) is 4.10. The smallest absolute Gasteiger partial charge is 0.171 e. The van der Waals surface area contributed by atoms with E-state index < -0.39 is 5.75 Å². The Labute approximate surface area is 147 Å². The standard InChI is InChI=1S/C9H7ClO3.C7H5ClO3/c10-7-3-6(5-11)9-8(4-7)12-1-2-13-9;8-5-1-4(3-9)7(11)6(10)2-5/h3-5H,1-2H2;1-3,10-11H. The largest absolute Gasteiger partial charge is 0.504 e. The molecule has 3 rings (SSSR count). The Bertz CT molecular complexity index is 776. The molecule has 0 saturated heterocycles. The molecule has 0 fully saturated rings. The van der Waals surface area contributed by atoms with Crippen LogP contribution in [-0.4, -0.2) is 36.0 Å². The number of carbonyl (C=O) groups is 2. The average molecular weight is 371 g/mol. The van der Waals surface area contributed by atoms with E-state index in [0.29, 0.717) is 47.9 Å². The maximum Gasteiger partial charge on any atom is 0.171 e. The van der Waals surface area contributed by atoms with Gasteiger partial charge in [0.25, 0.3) is 0 Å². The molecular formula is C16H12Cl2O6. The van der Waals surface area contributed by atoms with E-state index in [1.165, 1.54) is 6.07 Å². The highest BCUT2D eigenvalue weighted by molar-refractivity contribution is 6.31. The first-order valence-electron chi connectivity index (χ1n) is 6.67. The first-order chi connectivity index (χ1) is 11.5. The second-order valence-corrected chi connectivity index (χ2v) is 5.49. The number of phenolic OH excluding ortho intramolecular Hbond substituents is 2. The number of aromatic hydroxyl groups is 2. The van der Waals surface area contributed by atoms with Gasteiger partial charge in [0.15, 0.2) is 35.6 Å². The molecule has 0 amide bonds. The first-order valence-corrected chi connectivity index (χ1v) is 7.42. The molecule has 126 valence electrons. The number of carbonyl (C=O) groups excluding carboxylic acids is 2. The number of rotatable bonds is 2. The molecular weight excluding hydrogens is 359 g/mol. The van der Waals surface area contributed by atoms with Crippen molar-refractivity contribution in [1.29, 1.82) is 0 Å². The molecule has 2 aromatic rings. The van der Waals surface area contributed by atoms with E-state index in [9.17, 15) is 9.59 Å². The van der Waals surface area contributed by atoms with Gasteiger partial charge in [-0.3, -0.25) is 9.59 Å². The minimum Gasteiger partial charge on any atom is -0.504 e. The van der Waals surface area contributed by atoms with Crippen LogP contribution >= 0.6 is 23.2 Å². The molecule has 0 aliphatic carbocycles. The second kappa shape index (κ2) is 7.90. The van der Waals surface area contributed by atoms with Crippen molar-refractivity contribution in [3.8, 4) is 23.0 Å². The zero-order valence-corrected chi connectivity index (χ0v) is 13.7. The van der Waals surface area contributed by atoms with Gasteiger partial charge in [-0.25, -0.2) is 0 Å². The number of phenols is 2. The van der Waals surface area contributed by atoms with Crippen molar-refractivity contribution in [3.63, 3.8) is 0 Å². The van der Waals surface area contributed by atoms with Crippen LogP contribution < -0.4 is 9.47 Å². The number of fused-ring (bicyclic) bond motifs is 1. The van der Waals surface area contributed by atoms with Crippen molar-refractivity contribution in [2.75, 3.05) is 13.2 Å². The third-order valence-electron chi connectivity index (χ3n) is 2.97. The van der Waals surface area contributed by atoms with Gasteiger partial charge >= 0.3 is 0 Å². The van der Waals surface area contributed by atoms with Gasteiger partial charge in [0, 0.05) is 22.2 Å². The zero-order chi connectivity index (χ0) is 17.7. The molecule has 1 aliphatic rings. The summed E-state index contributed by atoms with van der Waals surface area (Å²) in [4.78, 5) is 20.8. The summed E-state index contributed by atoms with van der Waals surface area (Å²) in [6.45, 7) is 0.959. The van der Waals surface area contributed by atoms with Gasteiger partial charge in [0.1, 0.15) is 13.2 Å². The third-order valence-corrected chi connectivity index (χ3v) is 3.41. The van der Waals surface area contributed by atoms with Crippen molar-refractivity contribution in [2.45, 2.75) is 0 Å². The Morgan fingerprint density at radius 2 is 1.46 bits per heavy atom. The molecule has 24 heavy (non-hydrogen) atoms. The Morgan fingerprint density at radius 3 is 2.12 bits per heavy atom. The van der Waals surface area contributed by atoms with Crippen LogP contribution in [0.2, 0.25) is 10.0 Å². The predicted octanol–water partition coefficient (Wildman–Crippen LogP) is 3.49. The lowest BCUT2D eigenvalue weighted by Crippen LogP contribution is -2.16. The van der Waals surface area contributed by atoms with Gasteiger partial charge in [-0.15, -0.1) is 0 Å². The van der Waals surface area contributed by atoms with E-state index in [2.05, 4.69) is 0 Å². The van der Waals surface area contributed by atoms with Gasteiger partial charge in [0.2, 0.25) is 0 Å². The zero-order valence-electron chi connectivity index (χ0n) is 12.2. The highest BCUT2D eigenvalue weighted by atomic mass is 35.5. The fourth-order valence-corrected chi connectivity index (χ4v) is 2.37. The maximum absolute atomic E-state index is 10.6. The number of halogens is 2. The van der Waals surface area contributed by atoms with Crippen molar-refractivity contribution in [3.05, 3.63) is 45.4 Å². The number of ether oxygens (including phenoxy) is 2. The van der Waals surface area contributed by atoms with Crippen LogP contribution in [0.5, 0.6) is 23.0 Å². The Hall–Kier alpha value is -2.44. The molecule has 2 N–H and O–H groups in total. The van der Waals surface area contributed by atoms with Crippen molar-refractivity contribution < 1.29 is 29.3 Å². The summed E-state index contributed by atoms with van der Waals surface area (Å²) < 4.78 is 10.6. The molecule has 0 saturated carbocycles. The SMILES string of the molecule is O=Cc1cc(Cl)cc(O)c1O.O=Cc1cc(Cl)cc2c1OCCO2. The van der Waals surface area contributed by atoms with Crippen LogP contribution in [-0.2, 0) is 0 Å². The molecule has 0 unspecified atom stereocenters. The van der Waals surface area contributed by atoms with E-state index in [1.54, 1.807) is 12.1 Å². The summed E-state index contributed by atoms with van der Waals surface area (Å²) >= 11 is 11.2. The first kappa shape index (κ1) is 17.9. The van der Waals surface area contributed by atoms with Crippen molar-refractivity contribution in [2.24, 2.45) is 0 Å². The molecule has 8 heteroatoms. The summed E-state index contributed by atoms with van der Waals surface area (Å²) in [5, 5.41) is 18.6. The number of aldehydes is 2. The van der Waals surface area contributed by atoms with Crippen LogP contribution in [0, 0.1) is 0 Å². The molecule has 6 nitrogen and oxygen atoms in total. The minimum absolute atomic E-state index is 0.0185. The summed E-state index contributed by atoms with van der Waals surface area (Å²) in [5.41, 5.74) is 0.414. The lowest BCUT2D eigenvalue weighted by Gasteiger charge is -2.19. The van der Waals surface area contributed by atoms with Crippen LogP contribution in [0.15, 0.2) is 24.3 Å². The topological polar surface area (TPSA) is 93.1 Å². The fourth-order valence-electron chi connectivity index (χ4n) is 1.93. The van der Waals surface area contributed by atoms with E-state index in [0.717, 1.165) is 6.07 Å². The van der Waals surface area contributed by atoms with Gasteiger partial charge in [0.05, 0.1) is 11.1 Å². The molecule has 0 radical (unpaired) electrons. The highest BCUT2D eigenvalue weighted by Crippen LogP contribution is 2.35. The normalized spacial score (nSPS) is 11.9. The molecule has 1 heterocycles. The monoisotopic (exact) mass is 370 g/mol. The second-order valence-electron chi connectivity index (χ2n) is 4.62. The average Bonchev–Trinajstić information content (AvgIpc) is 2.57. The quantitative estimate of drug-likeness (QED) is 0.620. The Balaban J connectivity index is 0.000000177. The fraction of sp³-hybridized carbons (Fsp3) is 0.125. The van der Waals surface area contributed by atoms with Gasteiger partial charge in [-0.05, 0) is 12.1 Å². The predicted molar refractivity (Wildman–Crippen MR) is 88.0 cm³/mol. The molecule has 0 spiro atoms. The minimum atomic E-state index is -0.440. The van der Waals surface area contributed by atoms with E-state index in [1.807, 2.05) is 0 Å². The van der Waals surface area contributed by atoms with Gasteiger partial charge in [-0.2, -0.15) is 0 Å². The van der Waals surface area contributed by atoms with Gasteiger partial charge < -0.3 is 19.7 Å². The molecule has 1 aliphatic heterocycles. The van der Waals surface area contributed by atoms with Crippen molar-refractivity contribution >= 4 is 35.8 Å². The van der Waals surface area contributed by atoms with Crippen LogP contribution in [0.4, 0.5) is 0 Å². The Kier molecular flexibility index (Phi) is 5.89. The molecule has 0 atom stereocenters. The van der Waals surface area contributed by atoms with Crippen molar-refractivity contribution in [1.82, 2.24) is 0 Å². The maximum atomic E-state index is 10.6.